The first-order valence-electron chi connectivity index (χ1n) is 9.82. The number of benzene rings is 1. The molecule has 1 atom stereocenters. The Balaban J connectivity index is 1.39. The molecule has 1 aliphatic carbocycles. The minimum atomic E-state index is -0.105. The van der Waals surface area contributed by atoms with Gasteiger partial charge >= 0.3 is 0 Å². The Labute approximate surface area is 162 Å². The van der Waals surface area contributed by atoms with Crippen molar-refractivity contribution in [1.82, 2.24) is 19.7 Å². The molecule has 0 bridgehead atoms. The van der Waals surface area contributed by atoms with E-state index < -0.39 is 0 Å². The number of aromatic nitrogens is 3. The zero-order valence-corrected chi connectivity index (χ0v) is 16.6. The molecule has 2 aliphatic rings. The van der Waals surface area contributed by atoms with Crippen LogP contribution < -0.4 is 5.56 Å². The van der Waals surface area contributed by atoms with Gasteiger partial charge in [-0.3, -0.25) is 9.69 Å². The molecule has 3 heterocycles. The van der Waals surface area contributed by atoms with E-state index in [9.17, 15) is 4.79 Å². The highest BCUT2D eigenvalue weighted by Gasteiger charge is 2.39. The number of likely N-dealkylation sites (tertiary alicyclic amines) is 1. The van der Waals surface area contributed by atoms with E-state index in [2.05, 4.69) is 16.9 Å². The molecule has 0 spiro atoms. The highest BCUT2D eigenvalue weighted by atomic mass is 32.1. The van der Waals surface area contributed by atoms with Crippen LogP contribution in [0, 0.1) is 6.92 Å². The molecule has 1 aromatic carbocycles. The van der Waals surface area contributed by atoms with Crippen molar-refractivity contribution in [2.24, 2.45) is 0 Å². The third kappa shape index (κ3) is 3.01. The molecule has 1 saturated heterocycles. The average molecular weight is 381 g/mol. The molecule has 2 aromatic heterocycles. The molecule has 5 nitrogen and oxygen atoms in total. The average Bonchev–Trinajstić information content (AvgIpc) is 3.21. The van der Waals surface area contributed by atoms with Crippen molar-refractivity contribution >= 4 is 21.6 Å². The minimum Gasteiger partial charge on any atom is -0.298 e. The number of thiazole rings is 1. The summed E-state index contributed by atoms with van der Waals surface area (Å²) in [5.74, 6) is 0.587. The summed E-state index contributed by atoms with van der Waals surface area (Å²) >= 11 is 1.77. The van der Waals surface area contributed by atoms with Gasteiger partial charge in [0.2, 0.25) is 0 Å². The van der Waals surface area contributed by atoms with Gasteiger partial charge in [0.15, 0.2) is 0 Å². The molecule has 3 aromatic rings. The SMILES string of the molecule is Cc1ccc(=O)n(-c2ccc3nc(C4CC(N5CCCC5C)C4)sc3c2)n1. The molecule has 1 unspecified atom stereocenters. The van der Waals surface area contributed by atoms with Crippen LogP contribution in [-0.2, 0) is 0 Å². The normalized spacial score (nSPS) is 25.8. The van der Waals surface area contributed by atoms with E-state index in [-0.39, 0.29) is 5.56 Å². The second kappa shape index (κ2) is 6.53. The number of nitrogens with zero attached hydrogens (tertiary/aromatic N) is 4. The van der Waals surface area contributed by atoms with Gasteiger partial charge in [0.1, 0.15) is 0 Å². The molecule has 140 valence electrons. The van der Waals surface area contributed by atoms with Gasteiger partial charge in [0.25, 0.3) is 5.56 Å². The molecular weight excluding hydrogens is 356 g/mol. The van der Waals surface area contributed by atoms with Crippen molar-refractivity contribution in [2.45, 2.75) is 57.5 Å². The van der Waals surface area contributed by atoms with Crippen LogP contribution in [0.1, 0.15) is 49.2 Å². The molecule has 1 saturated carbocycles. The number of hydrogen-bond acceptors (Lipinski definition) is 5. The predicted molar refractivity (Wildman–Crippen MR) is 109 cm³/mol. The van der Waals surface area contributed by atoms with Gasteiger partial charge < -0.3 is 0 Å². The van der Waals surface area contributed by atoms with Gasteiger partial charge in [-0.1, -0.05) is 0 Å². The minimum absolute atomic E-state index is 0.105. The van der Waals surface area contributed by atoms with Gasteiger partial charge in [0, 0.05) is 24.1 Å². The van der Waals surface area contributed by atoms with E-state index in [4.69, 9.17) is 4.98 Å². The summed E-state index contributed by atoms with van der Waals surface area (Å²) in [6.07, 6.45) is 5.15. The molecule has 1 aliphatic heterocycles. The van der Waals surface area contributed by atoms with Gasteiger partial charge in [-0.05, 0) is 70.3 Å². The summed E-state index contributed by atoms with van der Waals surface area (Å²) in [5.41, 5.74) is 2.56. The van der Waals surface area contributed by atoms with E-state index in [0.29, 0.717) is 5.92 Å². The van der Waals surface area contributed by atoms with Crippen LogP contribution >= 0.6 is 11.3 Å². The van der Waals surface area contributed by atoms with Crippen molar-refractivity contribution in [2.75, 3.05) is 6.54 Å². The van der Waals surface area contributed by atoms with Crippen LogP contribution in [-0.4, -0.2) is 38.3 Å². The van der Waals surface area contributed by atoms with Gasteiger partial charge in [-0.25, -0.2) is 4.98 Å². The van der Waals surface area contributed by atoms with Gasteiger partial charge in [0.05, 0.1) is 26.6 Å². The van der Waals surface area contributed by atoms with Crippen LogP contribution in [0.5, 0.6) is 0 Å². The maximum atomic E-state index is 12.1. The number of fused-ring (bicyclic) bond motifs is 1. The molecule has 2 fully saturated rings. The van der Waals surface area contributed by atoms with Crippen LogP contribution in [0.4, 0.5) is 0 Å². The molecule has 0 amide bonds. The van der Waals surface area contributed by atoms with Crippen LogP contribution in [0.3, 0.4) is 0 Å². The standard InChI is InChI=1S/C21H24N4OS/c1-13-5-8-20(26)25(23-13)16-6-7-18-19(12-16)27-21(22-18)15-10-17(11-15)24-9-3-4-14(24)2/h5-8,12,14-15,17H,3-4,9-11H2,1-2H3. The molecule has 0 N–H and O–H groups in total. The summed E-state index contributed by atoms with van der Waals surface area (Å²) in [4.78, 5) is 19.7. The Kier molecular flexibility index (Phi) is 4.13. The van der Waals surface area contributed by atoms with Crippen molar-refractivity contribution in [1.29, 1.82) is 0 Å². The van der Waals surface area contributed by atoms with Crippen molar-refractivity contribution in [3.63, 3.8) is 0 Å². The van der Waals surface area contributed by atoms with E-state index in [1.54, 1.807) is 23.5 Å². The number of hydrogen-bond donors (Lipinski definition) is 0. The largest absolute Gasteiger partial charge is 0.298 e. The second-order valence-electron chi connectivity index (χ2n) is 7.98. The van der Waals surface area contributed by atoms with Crippen molar-refractivity contribution in [3.05, 3.63) is 51.4 Å². The zero-order valence-electron chi connectivity index (χ0n) is 15.8. The summed E-state index contributed by atoms with van der Waals surface area (Å²) in [7, 11) is 0. The Hall–Kier alpha value is -2.05. The number of rotatable bonds is 3. The Morgan fingerprint density at radius 1 is 1.19 bits per heavy atom. The van der Waals surface area contributed by atoms with E-state index in [0.717, 1.165) is 33.7 Å². The Morgan fingerprint density at radius 3 is 2.81 bits per heavy atom. The fraction of sp³-hybridized carbons (Fsp3) is 0.476. The van der Waals surface area contributed by atoms with E-state index in [1.807, 2.05) is 25.1 Å². The molecule has 5 rings (SSSR count). The second-order valence-corrected chi connectivity index (χ2v) is 9.04. The van der Waals surface area contributed by atoms with E-state index in [1.165, 1.54) is 41.9 Å². The predicted octanol–water partition coefficient (Wildman–Crippen LogP) is 3.88. The maximum absolute atomic E-state index is 12.1. The van der Waals surface area contributed by atoms with Gasteiger partial charge in [-0.15, -0.1) is 11.3 Å². The quantitative estimate of drug-likeness (QED) is 0.692. The highest BCUT2D eigenvalue weighted by Crippen LogP contribution is 2.44. The topological polar surface area (TPSA) is 51.0 Å². The monoisotopic (exact) mass is 380 g/mol. The van der Waals surface area contributed by atoms with Crippen molar-refractivity contribution in [3.8, 4) is 5.69 Å². The summed E-state index contributed by atoms with van der Waals surface area (Å²) < 4.78 is 2.61. The third-order valence-electron chi connectivity index (χ3n) is 6.10. The van der Waals surface area contributed by atoms with E-state index >= 15 is 0 Å². The lowest BCUT2D eigenvalue weighted by Gasteiger charge is -2.42. The molecular formula is C21H24N4OS. The van der Waals surface area contributed by atoms with Gasteiger partial charge in [-0.2, -0.15) is 9.78 Å². The lowest BCUT2D eigenvalue weighted by atomic mass is 9.79. The lowest BCUT2D eigenvalue weighted by Crippen LogP contribution is -2.45. The summed E-state index contributed by atoms with van der Waals surface area (Å²) in [5, 5.41) is 5.61. The lowest BCUT2D eigenvalue weighted by molar-refractivity contribution is 0.103. The Morgan fingerprint density at radius 2 is 2.04 bits per heavy atom. The van der Waals surface area contributed by atoms with Crippen LogP contribution in [0.25, 0.3) is 15.9 Å². The fourth-order valence-electron chi connectivity index (χ4n) is 4.48. The smallest absolute Gasteiger partial charge is 0.271 e. The fourth-order valence-corrected chi connectivity index (χ4v) is 5.61. The first-order chi connectivity index (χ1) is 13.1. The molecule has 6 heteroatoms. The Bertz CT molecular complexity index is 1050. The first-order valence-corrected chi connectivity index (χ1v) is 10.6. The maximum Gasteiger partial charge on any atom is 0.271 e. The summed E-state index contributed by atoms with van der Waals surface area (Å²) in [6.45, 7) is 5.52. The number of aryl methyl sites for hydroxylation is 1. The zero-order chi connectivity index (χ0) is 18.5. The van der Waals surface area contributed by atoms with Crippen LogP contribution in [0.2, 0.25) is 0 Å². The van der Waals surface area contributed by atoms with Crippen molar-refractivity contribution < 1.29 is 0 Å². The molecule has 27 heavy (non-hydrogen) atoms. The first kappa shape index (κ1) is 17.1. The third-order valence-corrected chi connectivity index (χ3v) is 7.28. The highest BCUT2D eigenvalue weighted by molar-refractivity contribution is 7.18. The molecule has 0 radical (unpaired) electrons. The van der Waals surface area contributed by atoms with Crippen LogP contribution in [0.15, 0.2) is 35.1 Å². The summed E-state index contributed by atoms with van der Waals surface area (Å²) in [6, 6.07) is 10.8.